The second kappa shape index (κ2) is 8.10. The van der Waals surface area contributed by atoms with Gasteiger partial charge in [-0.1, -0.05) is 52.3 Å². The largest absolute Gasteiger partial charge is 0.488 e. The minimum Gasteiger partial charge on any atom is -0.488 e. The van der Waals surface area contributed by atoms with Crippen LogP contribution in [0.4, 0.5) is 5.69 Å². The second-order valence-electron chi connectivity index (χ2n) is 6.07. The summed E-state index contributed by atoms with van der Waals surface area (Å²) in [6.45, 7) is 0.527. The first kappa shape index (κ1) is 17.4. The number of H-pyrrole nitrogens is 1. The predicted octanol–water partition coefficient (Wildman–Crippen LogP) is 5.96. The van der Waals surface area contributed by atoms with Crippen LogP contribution in [0.5, 0.6) is 5.75 Å². The van der Waals surface area contributed by atoms with Crippen LogP contribution in [0.15, 0.2) is 88.6 Å². The molecule has 1 aromatic heterocycles. The molecular formula is C22H18BrN3O. The highest BCUT2D eigenvalue weighted by molar-refractivity contribution is 9.10. The number of aromatic nitrogens is 1. The maximum absolute atomic E-state index is 6.07. The van der Waals surface area contributed by atoms with Gasteiger partial charge in [0, 0.05) is 21.7 Å². The van der Waals surface area contributed by atoms with Crippen molar-refractivity contribution >= 4 is 38.7 Å². The average Bonchev–Trinajstić information content (AvgIpc) is 3.12. The number of nitrogens with one attached hydrogen (secondary N) is 2. The molecule has 0 saturated heterocycles. The number of anilines is 1. The number of aromatic amines is 1. The summed E-state index contributed by atoms with van der Waals surface area (Å²) in [5, 5.41) is 5.38. The van der Waals surface area contributed by atoms with E-state index in [4.69, 9.17) is 4.74 Å². The van der Waals surface area contributed by atoms with E-state index in [-0.39, 0.29) is 0 Å². The van der Waals surface area contributed by atoms with Crippen LogP contribution in [0.3, 0.4) is 0 Å². The third-order valence-corrected chi connectivity index (χ3v) is 4.71. The normalized spacial score (nSPS) is 11.1. The average molecular weight is 420 g/mol. The van der Waals surface area contributed by atoms with E-state index < -0.39 is 0 Å². The zero-order valence-electron chi connectivity index (χ0n) is 14.5. The van der Waals surface area contributed by atoms with Gasteiger partial charge in [0.15, 0.2) is 0 Å². The molecule has 5 heteroatoms. The number of hydrogen-bond acceptors (Lipinski definition) is 3. The molecule has 0 fully saturated rings. The number of hydrogen-bond donors (Lipinski definition) is 2. The number of ether oxygens (including phenoxy) is 1. The molecule has 2 N–H and O–H groups in total. The van der Waals surface area contributed by atoms with Gasteiger partial charge in [-0.25, -0.2) is 0 Å². The molecule has 27 heavy (non-hydrogen) atoms. The van der Waals surface area contributed by atoms with Crippen LogP contribution in [0.2, 0.25) is 0 Å². The maximum atomic E-state index is 6.07. The topological polar surface area (TPSA) is 49.4 Å². The molecule has 4 rings (SSSR count). The molecule has 0 aliphatic heterocycles. The van der Waals surface area contributed by atoms with Crippen LogP contribution < -0.4 is 10.2 Å². The van der Waals surface area contributed by atoms with Gasteiger partial charge in [-0.05, 0) is 42.0 Å². The number of halogens is 1. The van der Waals surface area contributed by atoms with E-state index in [0.717, 1.165) is 37.9 Å². The van der Waals surface area contributed by atoms with Crippen LogP contribution in [0, 0.1) is 0 Å². The Morgan fingerprint density at radius 3 is 2.59 bits per heavy atom. The highest BCUT2D eigenvalue weighted by Gasteiger charge is 2.08. The molecule has 4 aromatic rings. The van der Waals surface area contributed by atoms with E-state index in [1.807, 2.05) is 66.9 Å². The van der Waals surface area contributed by atoms with Crippen LogP contribution in [0.1, 0.15) is 11.1 Å². The van der Waals surface area contributed by atoms with Crippen molar-refractivity contribution in [3.8, 4) is 5.75 Å². The summed E-state index contributed by atoms with van der Waals surface area (Å²) < 4.78 is 7.11. The van der Waals surface area contributed by atoms with Gasteiger partial charge >= 0.3 is 0 Å². The molecule has 0 saturated carbocycles. The lowest BCUT2D eigenvalue weighted by molar-refractivity contribution is 0.310. The first-order chi connectivity index (χ1) is 13.3. The maximum Gasteiger partial charge on any atom is 0.129 e. The van der Waals surface area contributed by atoms with Gasteiger partial charge in [-0.3, -0.25) is 5.43 Å². The Morgan fingerprint density at radius 1 is 0.963 bits per heavy atom. The molecule has 1 heterocycles. The van der Waals surface area contributed by atoms with Crippen LogP contribution in [0.25, 0.3) is 10.9 Å². The molecule has 0 bridgehead atoms. The van der Waals surface area contributed by atoms with E-state index in [2.05, 4.69) is 43.6 Å². The minimum atomic E-state index is 0.527. The Labute approximate surface area is 166 Å². The Morgan fingerprint density at radius 2 is 1.78 bits per heavy atom. The highest BCUT2D eigenvalue weighted by atomic mass is 79.9. The summed E-state index contributed by atoms with van der Waals surface area (Å²) in [5.74, 6) is 0.836. The number of rotatable bonds is 6. The Bertz CT molecular complexity index is 1060. The Balaban J connectivity index is 1.54. The van der Waals surface area contributed by atoms with Gasteiger partial charge < -0.3 is 9.72 Å². The van der Waals surface area contributed by atoms with Gasteiger partial charge in [0.05, 0.1) is 17.3 Å². The quantitative estimate of drug-likeness (QED) is 0.299. The number of benzene rings is 3. The van der Waals surface area contributed by atoms with Gasteiger partial charge in [0.2, 0.25) is 0 Å². The fourth-order valence-electron chi connectivity index (χ4n) is 2.84. The van der Waals surface area contributed by atoms with Crippen LogP contribution in [-0.4, -0.2) is 11.2 Å². The summed E-state index contributed by atoms with van der Waals surface area (Å²) in [6, 6.07) is 24.0. The van der Waals surface area contributed by atoms with Crippen molar-refractivity contribution in [1.82, 2.24) is 4.98 Å². The fourth-order valence-corrected chi connectivity index (χ4v) is 3.10. The Kier molecular flexibility index (Phi) is 5.21. The van der Waals surface area contributed by atoms with Gasteiger partial charge in [0.25, 0.3) is 0 Å². The molecule has 3 aromatic carbocycles. The summed E-state index contributed by atoms with van der Waals surface area (Å²) in [4.78, 5) is 3.28. The van der Waals surface area contributed by atoms with Crippen molar-refractivity contribution < 1.29 is 4.74 Å². The number of hydrazone groups is 1. The lowest BCUT2D eigenvalue weighted by Gasteiger charge is -2.08. The standard InChI is InChI=1S/C22H18BrN3O/c23-18-9-11-19(12-10-18)26-25-14-17-13-24-20-7-4-8-21(22(17)20)27-15-16-5-2-1-3-6-16/h1-14,24,26H,15H2. The zero-order chi connectivity index (χ0) is 18.5. The first-order valence-corrected chi connectivity index (χ1v) is 9.40. The van der Waals surface area contributed by atoms with Crippen LogP contribution in [-0.2, 0) is 6.61 Å². The third-order valence-electron chi connectivity index (χ3n) is 4.18. The van der Waals surface area contributed by atoms with Gasteiger partial charge in [0.1, 0.15) is 12.4 Å². The molecule has 4 nitrogen and oxygen atoms in total. The summed E-state index contributed by atoms with van der Waals surface area (Å²) >= 11 is 3.43. The fraction of sp³-hybridized carbons (Fsp3) is 0.0455. The molecule has 0 aliphatic carbocycles. The molecule has 134 valence electrons. The van der Waals surface area contributed by atoms with Crippen molar-refractivity contribution in [2.45, 2.75) is 6.61 Å². The summed E-state index contributed by atoms with van der Waals surface area (Å²) in [7, 11) is 0. The predicted molar refractivity (Wildman–Crippen MR) is 114 cm³/mol. The van der Waals surface area contributed by atoms with Crippen molar-refractivity contribution in [3.05, 3.63) is 94.6 Å². The molecule has 0 radical (unpaired) electrons. The van der Waals surface area contributed by atoms with E-state index >= 15 is 0 Å². The van der Waals surface area contributed by atoms with Crippen LogP contribution >= 0.6 is 15.9 Å². The summed E-state index contributed by atoms with van der Waals surface area (Å²) in [6.07, 6.45) is 3.74. The van der Waals surface area contributed by atoms with Crippen molar-refractivity contribution in [2.24, 2.45) is 5.10 Å². The van der Waals surface area contributed by atoms with Gasteiger partial charge in [-0.15, -0.1) is 0 Å². The summed E-state index contributed by atoms with van der Waals surface area (Å²) in [5.41, 5.74) is 7.10. The van der Waals surface area contributed by atoms with Crippen molar-refractivity contribution in [3.63, 3.8) is 0 Å². The lowest BCUT2D eigenvalue weighted by Crippen LogP contribution is -1.96. The second-order valence-corrected chi connectivity index (χ2v) is 6.99. The van der Waals surface area contributed by atoms with E-state index in [9.17, 15) is 0 Å². The minimum absolute atomic E-state index is 0.527. The molecule has 0 spiro atoms. The smallest absolute Gasteiger partial charge is 0.129 e. The molecule has 0 unspecified atom stereocenters. The molecule has 0 amide bonds. The monoisotopic (exact) mass is 419 g/mol. The Hall–Kier alpha value is -3.05. The van der Waals surface area contributed by atoms with Gasteiger partial charge in [-0.2, -0.15) is 5.10 Å². The lowest BCUT2D eigenvalue weighted by atomic mass is 10.1. The van der Waals surface area contributed by atoms with E-state index in [1.165, 1.54) is 0 Å². The number of nitrogens with zero attached hydrogens (tertiary/aromatic N) is 1. The third kappa shape index (κ3) is 4.20. The molecular weight excluding hydrogens is 402 g/mol. The SMILES string of the molecule is Brc1ccc(NN=Cc2c[nH]c3cccc(OCc4ccccc4)c23)cc1. The zero-order valence-corrected chi connectivity index (χ0v) is 16.1. The molecule has 0 aliphatic rings. The highest BCUT2D eigenvalue weighted by Crippen LogP contribution is 2.28. The number of fused-ring (bicyclic) bond motifs is 1. The van der Waals surface area contributed by atoms with Crippen molar-refractivity contribution in [1.29, 1.82) is 0 Å². The van der Waals surface area contributed by atoms with E-state index in [0.29, 0.717) is 6.61 Å². The first-order valence-electron chi connectivity index (χ1n) is 8.61. The van der Waals surface area contributed by atoms with Crippen molar-refractivity contribution in [2.75, 3.05) is 5.43 Å². The van der Waals surface area contributed by atoms with E-state index in [1.54, 1.807) is 6.21 Å². The molecule has 0 atom stereocenters.